The normalized spacial score (nSPS) is 32.4. The molecule has 1 fully saturated rings. The predicted octanol–water partition coefficient (Wildman–Crippen LogP) is -1.56. The SMILES string of the molecule is NC(=O)OCC=COC1O[C@H](CO)[C@@H](O)C[C@H]1O. The van der Waals surface area contributed by atoms with Crippen LogP contribution in [-0.2, 0) is 14.2 Å². The van der Waals surface area contributed by atoms with E-state index < -0.39 is 30.7 Å². The van der Waals surface area contributed by atoms with Crippen LogP contribution in [0, 0.1) is 0 Å². The Morgan fingerprint density at radius 2 is 2.17 bits per heavy atom. The quantitative estimate of drug-likeness (QED) is 0.441. The maximum atomic E-state index is 10.2. The molecular formula is C10H17NO7. The van der Waals surface area contributed by atoms with Crippen LogP contribution < -0.4 is 5.73 Å². The summed E-state index contributed by atoms with van der Waals surface area (Å²) in [6, 6.07) is 0. The Balaban J connectivity index is 2.34. The predicted molar refractivity (Wildman–Crippen MR) is 58.1 cm³/mol. The third kappa shape index (κ3) is 4.49. The minimum absolute atomic E-state index is 0.0432. The smallest absolute Gasteiger partial charge is 0.404 e. The maximum absolute atomic E-state index is 10.2. The molecule has 1 unspecified atom stereocenters. The van der Waals surface area contributed by atoms with E-state index in [9.17, 15) is 15.0 Å². The first-order valence-corrected chi connectivity index (χ1v) is 5.39. The summed E-state index contributed by atoms with van der Waals surface area (Å²) >= 11 is 0. The largest absolute Gasteiger partial charge is 0.470 e. The minimum atomic E-state index is -1.01. The molecule has 0 spiro atoms. The van der Waals surface area contributed by atoms with Gasteiger partial charge >= 0.3 is 6.09 Å². The summed E-state index contributed by atoms with van der Waals surface area (Å²) in [4.78, 5) is 10.2. The Labute approximate surface area is 104 Å². The highest BCUT2D eigenvalue weighted by atomic mass is 16.7. The molecule has 1 aliphatic rings. The number of aliphatic hydroxyl groups is 3. The van der Waals surface area contributed by atoms with Crippen LogP contribution in [0.2, 0.25) is 0 Å². The second kappa shape index (κ2) is 7.17. The van der Waals surface area contributed by atoms with Crippen molar-refractivity contribution in [2.24, 2.45) is 5.73 Å². The van der Waals surface area contributed by atoms with Crippen LogP contribution in [0.1, 0.15) is 6.42 Å². The molecule has 18 heavy (non-hydrogen) atoms. The average molecular weight is 263 g/mol. The molecule has 0 bridgehead atoms. The van der Waals surface area contributed by atoms with E-state index in [1.54, 1.807) is 0 Å². The molecule has 4 atom stereocenters. The van der Waals surface area contributed by atoms with Crippen LogP contribution in [0.4, 0.5) is 4.79 Å². The van der Waals surface area contributed by atoms with Gasteiger partial charge in [-0.2, -0.15) is 0 Å². The van der Waals surface area contributed by atoms with Crippen molar-refractivity contribution < 1.29 is 34.3 Å². The van der Waals surface area contributed by atoms with Gasteiger partial charge in [0, 0.05) is 6.42 Å². The highest BCUT2D eigenvalue weighted by molar-refractivity contribution is 5.64. The van der Waals surface area contributed by atoms with E-state index in [2.05, 4.69) is 4.74 Å². The van der Waals surface area contributed by atoms with Crippen molar-refractivity contribution in [3.8, 4) is 0 Å². The van der Waals surface area contributed by atoms with Gasteiger partial charge in [0.05, 0.1) is 19.0 Å². The molecule has 1 amide bonds. The number of hydrogen-bond acceptors (Lipinski definition) is 7. The number of aliphatic hydroxyl groups excluding tert-OH is 3. The molecule has 0 aromatic heterocycles. The van der Waals surface area contributed by atoms with Crippen LogP contribution in [0.15, 0.2) is 12.3 Å². The molecule has 8 heteroatoms. The van der Waals surface area contributed by atoms with Crippen molar-refractivity contribution in [3.63, 3.8) is 0 Å². The fraction of sp³-hybridized carbons (Fsp3) is 0.700. The zero-order valence-corrected chi connectivity index (χ0v) is 9.64. The van der Waals surface area contributed by atoms with Gasteiger partial charge in [0.1, 0.15) is 18.8 Å². The maximum Gasteiger partial charge on any atom is 0.404 e. The van der Waals surface area contributed by atoms with Gasteiger partial charge < -0.3 is 35.3 Å². The fourth-order valence-corrected chi connectivity index (χ4v) is 1.45. The molecule has 0 aliphatic carbocycles. The van der Waals surface area contributed by atoms with Gasteiger partial charge in [-0.3, -0.25) is 0 Å². The number of ether oxygens (including phenoxy) is 3. The van der Waals surface area contributed by atoms with Crippen LogP contribution in [0.25, 0.3) is 0 Å². The lowest BCUT2D eigenvalue weighted by molar-refractivity contribution is -0.253. The third-order valence-electron chi connectivity index (χ3n) is 2.35. The highest BCUT2D eigenvalue weighted by Gasteiger charge is 2.36. The van der Waals surface area contributed by atoms with Crippen LogP contribution >= 0.6 is 0 Å². The molecule has 0 aromatic carbocycles. The lowest BCUT2D eigenvalue weighted by Gasteiger charge is -2.35. The Morgan fingerprint density at radius 3 is 2.78 bits per heavy atom. The van der Waals surface area contributed by atoms with E-state index in [1.165, 1.54) is 12.3 Å². The van der Waals surface area contributed by atoms with E-state index in [0.717, 1.165) is 0 Å². The summed E-state index contributed by atoms with van der Waals surface area (Å²) in [6.07, 6.45) is -2.05. The number of amides is 1. The topological polar surface area (TPSA) is 131 Å². The average Bonchev–Trinajstić information content (AvgIpc) is 2.30. The molecule has 104 valence electrons. The number of carbonyl (C=O) groups is 1. The van der Waals surface area contributed by atoms with Gasteiger partial charge in [-0.1, -0.05) is 0 Å². The van der Waals surface area contributed by atoms with Crippen LogP contribution in [-0.4, -0.2) is 59.2 Å². The van der Waals surface area contributed by atoms with Crippen molar-refractivity contribution in [2.75, 3.05) is 13.2 Å². The van der Waals surface area contributed by atoms with E-state index in [4.69, 9.17) is 20.3 Å². The van der Waals surface area contributed by atoms with Crippen LogP contribution in [0.5, 0.6) is 0 Å². The molecule has 0 saturated carbocycles. The second-order valence-electron chi connectivity index (χ2n) is 3.73. The lowest BCUT2D eigenvalue weighted by Crippen LogP contribution is -2.49. The van der Waals surface area contributed by atoms with Crippen LogP contribution in [0.3, 0.4) is 0 Å². The Kier molecular flexibility index (Phi) is 5.86. The number of primary amides is 1. The van der Waals surface area contributed by atoms with Crippen molar-refractivity contribution >= 4 is 6.09 Å². The zero-order chi connectivity index (χ0) is 13.5. The minimum Gasteiger partial charge on any atom is -0.470 e. The van der Waals surface area contributed by atoms with Gasteiger partial charge in [-0.05, 0) is 6.08 Å². The van der Waals surface area contributed by atoms with Gasteiger partial charge in [0.25, 0.3) is 0 Å². The van der Waals surface area contributed by atoms with E-state index in [-0.39, 0.29) is 19.6 Å². The molecule has 0 radical (unpaired) electrons. The second-order valence-corrected chi connectivity index (χ2v) is 3.73. The molecule has 1 aliphatic heterocycles. The summed E-state index contributed by atoms with van der Waals surface area (Å²) in [6.45, 7) is -0.438. The van der Waals surface area contributed by atoms with Crippen molar-refractivity contribution in [1.82, 2.24) is 0 Å². The summed E-state index contributed by atoms with van der Waals surface area (Å²) in [5.74, 6) is 0. The van der Waals surface area contributed by atoms with Crippen molar-refractivity contribution in [1.29, 1.82) is 0 Å². The van der Waals surface area contributed by atoms with Gasteiger partial charge in [0.15, 0.2) is 0 Å². The zero-order valence-electron chi connectivity index (χ0n) is 9.64. The van der Waals surface area contributed by atoms with E-state index in [0.29, 0.717) is 0 Å². The first-order valence-electron chi connectivity index (χ1n) is 5.39. The summed E-state index contributed by atoms with van der Waals surface area (Å²) in [7, 11) is 0. The number of rotatable bonds is 5. The third-order valence-corrected chi connectivity index (χ3v) is 2.35. The van der Waals surface area contributed by atoms with Gasteiger partial charge in [-0.15, -0.1) is 0 Å². The summed E-state index contributed by atoms with van der Waals surface area (Å²) < 4.78 is 14.6. The lowest BCUT2D eigenvalue weighted by atomic mass is 10.0. The van der Waals surface area contributed by atoms with Gasteiger partial charge in [-0.25, -0.2) is 4.79 Å². The molecule has 8 nitrogen and oxygen atoms in total. The first-order chi connectivity index (χ1) is 8.54. The number of nitrogens with two attached hydrogens (primary N) is 1. The highest BCUT2D eigenvalue weighted by Crippen LogP contribution is 2.21. The van der Waals surface area contributed by atoms with Gasteiger partial charge in [0.2, 0.25) is 6.29 Å². The Morgan fingerprint density at radius 1 is 1.44 bits per heavy atom. The fourth-order valence-electron chi connectivity index (χ4n) is 1.45. The number of hydrogen-bond donors (Lipinski definition) is 4. The molecule has 1 rings (SSSR count). The van der Waals surface area contributed by atoms with Crippen molar-refractivity contribution in [2.45, 2.75) is 31.0 Å². The molecular weight excluding hydrogens is 246 g/mol. The molecule has 0 aromatic rings. The Bertz CT molecular complexity index is 296. The van der Waals surface area contributed by atoms with Crippen molar-refractivity contribution in [3.05, 3.63) is 12.3 Å². The van der Waals surface area contributed by atoms with E-state index in [1.807, 2.05) is 0 Å². The summed E-state index contributed by atoms with van der Waals surface area (Å²) in [5, 5.41) is 27.9. The standard InChI is InChI=1S/C10H17NO7/c11-10(15)17-3-1-2-16-9-7(14)4-6(13)8(5-12)18-9/h1-2,6-9,12-14H,3-5H2,(H2,11,15)/t6-,7+,8+,9?/m0/s1. The molecule has 1 saturated heterocycles. The first kappa shape index (κ1) is 14.7. The monoisotopic (exact) mass is 263 g/mol. The summed E-state index contributed by atoms with van der Waals surface area (Å²) in [5.41, 5.74) is 4.73. The number of carbonyl (C=O) groups excluding carboxylic acids is 1. The molecule has 5 N–H and O–H groups in total. The molecule has 1 heterocycles. The van der Waals surface area contributed by atoms with E-state index >= 15 is 0 Å². The Hall–Kier alpha value is -1.35.